The van der Waals surface area contributed by atoms with Crippen LogP contribution in [-0.4, -0.2) is 31.5 Å². The highest BCUT2D eigenvalue weighted by atomic mass is 32.2. The lowest BCUT2D eigenvalue weighted by atomic mass is 10.2. The molecule has 0 unspecified atom stereocenters. The van der Waals surface area contributed by atoms with Crippen LogP contribution in [0, 0.1) is 13.8 Å². The van der Waals surface area contributed by atoms with Gasteiger partial charge in [-0.2, -0.15) is 5.10 Å². The minimum absolute atomic E-state index is 0.222. The zero-order valence-corrected chi connectivity index (χ0v) is 17.3. The summed E-state index contributed by atoms with van der Waals surface area (Å²) in [6.07, 6.45) is 3.56. The van der Waals surface area contributed by atoms with Gasteiger partial charge in [0, 0.05) is 5.69 Å². The summed E-state index contributed by atoms with van der Waals surface area (Å²) >= 11 is 1.50. The lowest BCUT2D eigenvalue weighted by Crippen LogP contribution is -2.17. The van der Waals surface area contributed by atoms with Crippen LogP contribution < -0.4 is 5.32 Å². The van der Waals surface area contributed by atoms with E-state index in [0.717, 1.165) is 27.9 Å². The number of imidazole rings is 1. The fourth-order valence-electron chi connectivity index (χ4n) is 3.29. The molecule has 2 heterocycles. The molecule has 0 aliphatic rings. The van der Waals surface area contributed by atoms with Crippen LogP contribution in [0.2, 0.25) is 0 Å². The Morgan fingerprint density at radius 3 is 2.21 bits per heavy atom. The second kappa shape index (κ2) is 7.97. The fraction of sp³-hybridized carbons (Fsp3) is 0.136. The van der Waals surface area contributed by atoms with Gasteiger partial charge >= 0.3 is 0 Å². The maximum Gasteiger partial charge on any atom is 0.274 e. The van der Waals surface area contributed by atoms with Crippen molar-refractivity contribution in [2.75, 3.05) is 11.6 Å². The van der Waals surface area contributed by atoms with Gasteiger partial charge in [-0.1, -0.05) is 48.2 Å². The highest BCUT2D eigenvalue weighted by Gasteiger charge is 2.21. The molecule has 4 aromatic rings. The number of amides is 1. The fourth-order valence-corrected chi connectivity index (χ4v) is 3.83. The number of anilines is 1. The normalized spacial score (nSPS) is 10.9. The van der Waals surface area contributed by atoms with Crippen molar-refractivity contribution in [1.82, 2.24) is 19.3 Å². The molecule has 0 aliphatic heterocycles. The average Bonchev–Trinajstić information content (AvgIpc) is 3.31. The molecule has 1 amide bonds. The first kappa shape index (κ1) is 19.0. The van der Waals surface area contributed by atoms with Crippen LogP contribution in [0.5, 0.6) is 0 Å². The first-order valence-corrected chi connectivity index (χ1v) is 10.4. The Bertz CT molecular complexity index is 1150. The molecule has 7 heteroatoms. The quantitative estimate of drug-likeness (QED) is 0.493. The van der Waals surface area contributed by atoms with E-state index in [4.69, 9.17) is 0 Å². The average molecular weight is 404 g/mol. The summed E-state index contributed by atoms with van der Waals surface area (Å²) in [5.74, 6) is -0.222. The van der Waals surface area contributed by atoms with E-state index in [-0.39, 0.29) is 5.91 Å². The number of hydrogen-bond donors (Lipinski definition) is 1. The van der Waals surface area contributed by atoms with Gasteiger partial charge in [-0.15, -0.1) is 0 Å². The van der Waals surface area contributed by atoms with Crippen molar-refractivity contribution < 1.29 is 4.79 Å². The van der Waals surface area contributed by atoms with Gasteiger partial charge in [0.1, 0.15) is 5.69 Å². The van der Waals surface area contributed by atoms with Gasteiger partial charge in [0.2, 0.25) is 0 Å². The Hall–Kier alpha value is -3.32. The van der Waals surface area contributed by atoms with Gasteiger partial charge in [0.15, 0.2) is 5.16 Å². The smallest absolute Gasteiger partial charge is 0.274 e. The van der Waals surface area contributed by atoms with Crippen LogP contribution in [0.1, 0.15) is 21.9 Å². The maximum absolute atomic E-state index is 13.2. The number of nitrogens with zero attached hydrogens (tertiary/aromatic N) is 4. The molecule has 0 atom stereocenters. The first-order valence-electron chi connectivity index (χ1n) is 9.20. The number of hydrogen-bond acceptors (Lipinski definition) is 4. The number of aryl methyl sites for hydroxylation is 1. The number of aromatic nitrogens is 4. The van der Waals surface area contributed by atoms with Gasteiger partial charge in [-0.25, -0.2) is 9.67 Å². The lowest BCUT2D eigenvalue weighted by molar-refractivity contribution is 0.102. The summed E-state index contributed by atoms with van der Waals surface area (Å²) in [6.45, 7) is 3.84. The van der Waals surface area contributed by atoms with Crippen molar-refractivity contribution in [2.24, 2.45) is 0 Å². The van der Waals surface area contributed by atoms with Crippen molar-refractivity contribution in [3.63, 3.8) is 0 Å². The second-order valence-corrected chi connectivity index (χ2v) is 7.32. The highest BCUT2D eigenvalue weighted by molar-refractivity contribution is 7.98. The van der Waals surface area contributed by atoms with E-state index in [1.54, 1.807) is 6.20 Å². The van der Waals surface area contributed by atoms with Crippen LogP contribution in [0.4, 0.5) is 5.69 Å². The number of thioether (sulfide) groups is 1. The standard InChI is InChI=1S/C22H21N5OS/c1-15-20(16(2)27(25-15)18-12-8-5-9-13-18)24-21(28)19-14-23-22(29-3)26(19)17-10-6-4-7-11-17/h4-14H,1-3H3,(H,24,28). The molecule has 0 aliphatic carbocycles. The molecular formula is C22H21N5OS. The van der Waals surface area contributed by atoms with Crippen LogP contribution >= 0.6 is 11.8 Å². The molecule has 29 heavy (non-hydrogen) atoms. The highest BCUT2D eigenvalue weighted by Crippen LogP contribution is 2.26. The Labute approximate surface area is 173 Å². The van der Waals surface area contributed by atoms with Crippen molar-refractivity contribution >= 4 is 23.4 Å². The van der Waals surface area contributed by atoms with Crippen LogP contribution in [0.25, 0.3) is 11.4 Å². The molecule has 0 spiro atoms. The summed E-state index contributed by atoms with van der Waals surface area (Å²) in [6, 6.07) is 19.6. The minimum Gasteiger partial charge on any atom is -0.317 e. The summed E-state index contributed by atoms with van der Waals surface area (Å²) in [4.78, 5) is 17.6. The number of nitrogens with one attached hydrogen (secondary N) is 1. The van der Waals surface area contributed by atoms with E-state index < -0.39 is 0 Å². The van der Waals surface area contributed by atoms with E-state index in [0.29, 0.717) is 11.4 Å². The van der Waals surface area contributed by atoms with Crippen molar-refractivity contribution in [1.29, 1.82) is 0 Å². The molecule has 0 saturated carbocycles. The van der Waals surface area contributed by atoms with Gasteiger partial charge < -0.3 is 5.32 Å². The Morgan fingerprint density at radius 1 is 0.966 bits per heavy atom. The van der Waals surface area contributed by atoms with Crippen molar-refractivity contribution in [3.05, 3.63) is 83.9 Å². The maximum atomic E-state index is 13.2. The summed E-state index contributed by atoms with van der Waals surface area (Å²) in [5.41, 5.74) is 4.67. The zero-order chi connectivity index (χ0) is 20.4. The van der Waals surface area contributed by atoms with Crippen molar-refractivity contribution in [3.8, 4) is 11.4 Å². The second-order valence-electron chi connectivity index (χ2n) is 6.55. The largest absolute Gasteiger partial charge is 0.317 e. The number of para-hydroxylation sites is 2. The molecule has 0 fully saturated rings. The van der Waals surface area contributed by atoms with Crippen molar-refractivity contribution in [2.45, 2.75) is 19.0 Å². The molecular weight excluding hydrogens is 382 g/mol. The lowest BCUT2D eigenvalue weighted by Gasteiger charge is -2.11. The molecule has 0 bridgehead atoms. The van der Waals surface area contributed by atoms with E-state index in [1.807, 2.05) is 90.0 Å². The first-order chi connectivity index (χ1) is 14.1. The molecule has 1 N–H and O–H groups in total. The topological polar surface area (TPSA) is 64.7 Å². The SMILES string of the molecule is CSc1ncc(C(=O)Nc2c(C)nn(-c3ccccc3)c2C)n1-c1ccccc1. The third-order valence-electron chi connectivity index (χ3n) is 4.69. The van der Waals surface area contributed by atoms with Crippen LogP contribution in [-0.2, 0) is 0 Å². The number of carbonyl (C=O) groups excluding carboxylic acids is 1. The van der Waals surface area contributed by atoms with Gasteiger partial charge in [-0.3, -0.25) is 9.36 Å². The zero-order valence-electron chi connectivity index (χ0n) is 16.5. The predicted octanol–water partition coefficient (Wildman–Crippen LogP) is 4.65. The number of carbonyl (C=O) groups is 1. The van der Waals surface area contributed by atoms with E-state index in [9.17, 15) is 4.79 Å². The molecule has 6 nitrogen and oxygen atoms in total. The number of benzene rings is 2. The summed E-state index contributed by atoms with van der Waals surface area (Å²) in [7, 11) is 0. The van der Waals surface area contributed by atoms with Crippen LogP contribution in [0.15, 0.2) is 72.0 Å². The van der Waals surface area contributed by atoms with Gasteiger partial charge in [0.05, 0.1) is 29.0 Å². The Kier molecular flexibility index (Phi) is 5.22. The molecule has 0 radical (unpaired) electrons. The Balaban J connectivity index is 1.70. The molecule has 0 saturated heterocycles. The van der Waals surface area contributed by atoms with Gasteiger partial charge in [-0.05, 0) is 44.4 Å². The third-order valence-corrected chi connectivity index (χ3v) is 5.34. The predicted molar refractivity (Wildman–Crippen MR) is 116 cm³/mol. The molecule has 146 valence electrons. The molecule has 2 aromatic carbocycles. The van der Waals surface area contributed by atoms with Gasteiger partial charge in [0.25, 0.3) is 5.91 Å². The summed E-state index contributed by atoms with van der Waals surface area (Å²) < 4.78 is 3.71. The Morgan fingerprint density at radius 2 is 1.59 bits per heavy atom. The van der Waals surface area contributed by atoms with E-state index >= 15 is 0 Å². The molecule has 4 rings (SSSR count). The summed E-state index contributed by atoms with van der Waals surface area (Å²) in [5, 5.41) is 8.40. The number of rotatable bonds is 5. The minimum atomic E-state index is -0.222. The van der Waals surface area contributed by atoms with Crippen LogP contribution in [0.3, 0.4) is 0 Å². The monoisotopic (exact) mass is 403 g/mol. The van der Waals surface area contributed by atoms with E-state index in [2.05, 4.69) is 15.4 Å². The van der Waals surface area contributed by atoms with E-state index in [1.165, 1.54) is 11.8 Å². The third kappa shape index (κ3) is 3.56. The molecule has 2 aromatic heterocycles.